The van der Waals surface area contributed by atoms with E-state index in [0.29, 0.717) is 24.8 Å². The minimum atomic E-state index is -0.134. The molecule has 0 unspecified atom stereocenters. The van der Waals surface area contributed by atoms with Crippen LogP contribution in [0.2, 0.25) is 0 Å². The molecule has 24 heavy (non-hydrogen) atoms. The lowest BCUT2D eigenvalue weighted by Crippen LogP contribution is -2.53. The van der Waals surface area contributed by atoms with E-state index in [1.807, 2.05) is 24.1 Å². The maximum Gasteiger partial charge on any atom is 0.236 e. The van der Waals surface area contributed by atoms with E-state index in [9.17, 15) is 4.79 Å². The Hall–Kier alpha value is -2.75. The van der Waals surface area contributed by atoms with Crippen LogP contribution in [0.1, 0.15) is 25.3 Å². The van der Waals surface area contributed by atoms with Crippen LogP contribution >= 0.6 is 0 Å². The number of carbonyl (C=O) groups is 1. The van der Waals surface area contributed by atoms with E-state index in [-0.39, 0.29) is 18.4 Å². The summed E-state index contributed by atoms with van der Waals surface area (Å²) in [5.74, 6) is 1.33. The molecule has 0 spiro atoms. The van der Waals surface area contributed by atoms with Crippen LogP contribution in [0.5, 0.6) is 0 Å². The molecule has 1 aromatic rings. The lowest BCUT2D eigenvalue weighted by molar-refractivity contribution is -0.132. The summed E-state index contributed by atoms with van der Waals surface area (Å²) in [5, 5.41) is 20.2. The summed E-state index contributed by atoms with van der Waals surface area (Å²) in [7, 11) is 1.88. The summed E-state index contributed by atoms with van der Waals surface area (Å²) in [6.45, 7) is 6.99. The zero-order valence-electron chi connectivity index (χ0n) is 14.2. The van der Waals surface area contributed by atoms with Gasteiger partial charge in [-0.3, -0.25) is 10.2 Å². The van der Waals surface area contributed by atoms with Crippen LogP contribution in [0.3, 0.4) is 0 Å². The number of piperidine rings is 1. The zero-order valence-corrected chi connectivity index (χ0v) is 14.2. The number of amidine groups is 1. The fraction of sp³-hybridized carbons (Fsp3) is 0.471. The van der Waals surface area contributed by atoms with E-state index >= 15 is 0 Å². The van der Waals surface area contributed by atoms with Gasteiger partial charge in [-0.1, -0.05) is 13.5 Å². The molecule has 2 rings (SSSR count). The molecule has 7 heteroatoms. The van der Waals surface area contributed by atoms with Gasteiger partial charge in [0, 0.05) is 26.3 Å². The number of nitriles is 1. The van der Waals surface area contributed by atoms with Crippen LogP contribution in [-0.2, 0) is 4.79 Å². The van der Waals surface area contributed by atoms with Gasteiger partial charge in [0.15, 0.2) is 0 Å². The fourth-order valence-electron chi connectivity index (χ4n) is 3.10. The van der Waals surface area contributed by atoms with E-state index in [0.717, 1.165) is 17.8 Å². The third-order valence-electron chi connectivity index (χ3n) is 4.60. The molecule has 0 radical (unpaired) electrons. The third-order valence-corrected chi connectivity index (χ3v) is 4.60. The summed E-state index contributed by atoms with van der Waals surface area (Å²) in [5.41, 5.74) is 0.755. The number of rotatable bonds is 5. The first-order valence-electron chi connectivity index (χ1n) is 8.00. The summed E-state index contributed by atoms with van der Waals surface area (Å²) < 4.78 is 0. The van der Waals surface area contributed by atoms with Gasteiger partial charge in [0.25, 0.3) is 0 Å². The number of aromatic nitrogens is 1. The van der Waals surface area contributed by atoms with Crippen molar-refractivity contribution in [1.29, 1.82) is 10.7 Å². The van der Waals surface area contributed by atoms with Gasteiger partial charge in [-0.05, 0) is 24.6 Å². The van der Waals surface area contributed by atoms with Gasteiger partial charge in [-0.2, -0.15) is 5.26 Å². The Bertz CT molecular complexity index is 658. The van der Waals surface area contributed by atoms with E-state index in [1.165, 1.54) is 0 Å². The smallest absolute Gasteiger partial charge is 0.236 e. The number of hydrogen-bond donors (Lipinski definition) is 3. The molecule has 1 fully saturated rings. The standard InChI is InChI=1S/C17H24N6O/c1-4-20-17-13(6-9-21-17)16(19)22(3)14-11-23(10-7-12(14)2)15(24)5-8-18/h4,6,9,12,14,19-21H,1,5,7,10-11H2,2-3H3/t12-,14+/m1/s1. The van der Waals surface area contributed by atoms with Crippen molar-refractivity contribution in [2.45, 2.75) is 25.8 Å². The van der Waals surface area contributed by atoms with Crippen molar-refractivity contribution in [2.75, 3.05) is 25.5 Å². The molecule has 1 aliphatic heterocycles. The van der Waals surface area contributed by atoms with Crippen molar-refractivity contribution in [2.24, 2.45) is 5.92 Å². The first-order chi connectivity index (χ1) is 11.5. The van der Waals surface area contributed by atoms with Gasteiger partial charge in [0.05, 0.1) is 17.7 Å². The molecule has 0 saturated carbocycles. The first kappa shape index (κ1) is 17.6. The monoisotopic (exact) mass is 328 g/mol. The van der Waals surface area contributed by atoms with Crippen LogP contribution < -0.4 is 5.32 Å². The van der Waals surface area contributed by atoms with Gasteiger partial charge in [-0.15, -0.1) is 0 Å². The fourth-order valence-corrected chi connectivity index (χ4v) is 3.10. The van der Waals surface area contributed by atoms with Crippen LogP contribution in [0.4, 0.5) is 5.82 Å². The number of hydrogen-bond acceptors (Lipinski definition) is 4. The predicted molar refractivity (Wildman–Crippen MR) is 93.6 cm³/mol. The summed E-state index contributed by atoms with van der Waals surface area (Å²) in [4.78, 5) is 18.7. The molecule has 1 aliphatic rings. The number of nitrogens with zero attached hydrogens (tertiary/aromatic N) is 3. The van der Waals surface area contributed by atoms with Crippen molar-refractivity contribution in [1.82, 2.24) is 14.8 Å². The number of likely N-dealkylation sites (N-methyl/N-ethyl adjacent to an activating group) is 1. The Morgan fingerprint density at radius 3 is 3.12 bits per heavy atom. The molecule has 2 atom stereocenters. The molecule has 1 aromatic heterocycles. The molecule has 128 valence electrons. The molecule has 7 nitrogen and oxygen atoms in total. The Kier molecular flexibility index (Phi) is 5.64. The maximum absolute atomic E-state index is 12.0. The molecule has 1 saturated heterocycles. The topological polar surface area (TPSA) is 99.0 Å². The van der Waals surface area contributed by atoms with Crippen molar-refractivity contribution >= 4 is 17.6 Å². The largest absolute Gasteiger partial charge is 0.355 e. The molecule has 0 aliphatic carbocycles. The Labute approximate surface area is 142 Å². The minimum Gasteiger partial charge on any atom is -0.355 e. The highest BCUT2D eigenvalue weighted by Gasteiger charge is 2.33. The average Bonchev–Trinajstić information content (AvgIpc) is 3.02. The van der Waals surface area contributed by atoms with Crippen LogP contribution in [0.15, 0.2) is 25.0 Å². The van der Waals surface area contributed by atoms with E-state index in [2.05, 4.69) is 23.8 Å². The lowest BCUT2D eigenvalue weighted by Gasteiger charge is -2.42. The molecule has 0 aromatic carbocycles. The van der Waals surface area contributed by atoms with Gasteiger partial charge in [-0.25, -0.2) is 0 Å². The summed E-state index contributed by atoms with van der Waals surface area (Å²) in [6, 6.07) is 3.80. The molecule has 3 N–H and O–H groups in total. The SMILES string of the molecule is C=CNc1[nH]ccc1C(=N)N(C)[C@H]1CN(C(=O)CC#N)CC[C@H]1C. The third kappa shape index (κ3) is 3.59. The number of anilines is 1. The van der Waals surface area contributed by atoms with Crippen LogP contribution in [-0.4, -0.2) is 52.7 Å². The van der Waals surface area contributed by atoms with Crippen LogP contribution in [0, 0.1) is 22.7 Å². The van der Waals surface area contributed by atoms with Gasteiger partial charge in [0.1, 0.15) is 18.1 Å². The van der Waals surface area contributed by atoms with Gasteiger partial charge < -0.3 is 20.1 Å². The molecular formula is C17H24N6O. The number of H-pyrrole nitrogens is 1. The second kappa shape index (κ2) is 7.68. The van der Waals surface area contributed by atoms with Gasteiger partial charge >= 0.3 is 0 Å². The number of carbonyl (C=O) groups excluding carboxylic acids is 1. The lowest BCUT2D eigenvalue weighted by atomic mass is 9.91. The number of aromatic amines is 1. The quantitative estimate of drug-likeness (QED) is 0.568. The van der Waals surface area contributed by atoms with Gasteiger partial charge in [0.2, 0.25) is 5.91 Å². The van der Waals surface area contributed by atoms with Crippen LogP contribution in [0.25, 0.3) is 0 Å². The highest BCUT2D eigenvalue weighted by atomic mass is 16.2. The van der Waals surface area contributed by atoms with Crippen molar-refractivity contribution in [3.05, 3.63) is 30.6 Å². The number of nitrogens with one attached hydrogen (secondary N) is 3. The van der Waals surface area contributed by atoms with Crippen molar-refractivity contribution < 1.29 is 4.79 Å². The summed E-state index contributed by atoms with van der Waals surface area (Å²) in [6.07, 6.45) is 4.11. The van der Waals surface area contributed by atoms with E-state index < -0.39 is 0 Å². The summed E-state index contributed by atoms with van der Waals surface area (Å²) >= 11 is 0. The highest BCUT2D eigenvalue weighted by molar-refractivity contribution is 6.01. The van der Waals surface area contributed by atoms with E-state index in [1.54, 1.807) is 17.3 Å². The average molecular weight is 328 g/mol. The molecule has 1 amide bonds. The highest BCUT2D eigenvalue weighted by Crippen LogP contribution is 2.24. The molecule has 2 heterocycles. The molecular weight excluding hydrogens is 304 g/mol. The molecule has 0 bridgehead atoms. The normalized spacial score (nSPS) is 20.1. The Morgan fingerprint density at radius 1 is 1.71 bits per heavy atom. The number of amides is 1. The predicted octanol–water partition coefficient (Wildman–Crippen LogP) is 1.98. The first-order valence-corrected chi connectivity index (χ1v) is 8.00. The number of likely N-dealkylation sites (tertiary alicyclic amines) is 1. The second-order valence-corrected chi connectivity index (χ2v) is 6.08. The van der Waals surface area contributed by atoms with E-state index in [4.69, 9.17) is 10.7 Å². The second-order valence-electron chi connectivity index (χ2n) is 6.08. The van der Waals surface area contributed by atoms with Crippen molar-refractivity contribution in [3.8, 4) is 6.07 Å². The zero-order chi connectivity index (χ0) is 17.7. The Balaban J connectivity index is 2.14. The minimum absolute atomic E-state index is 0.0420. The Morgan fingerprint density at radius 2 is 2.46 bits per heavy atom. The maximum atomic E-state index is 12.0. The van der Waals surface area contributed by atoms with Crippen molar-refractivity contribution in [3.63, 3.8) is 0 Å².